The summed E-state index contributed by atoms with van der Waals surface area (Å²) in [7, 11) is 1.75. The minimum atomic E-state index is -0.300. The number of hydrogen-bond acceptors (Lipinski definition) is 3. The lowest BCUT2D eigenvalue weighted by Crippen LogP contribution is -2.43. The Bertz CT molecular complexity index is 655. The highest BCUT2D eigenvalue weighted by atomic mass is 35.5. The molecule has 5 nitrogen and oxygen atoms in total. The second-order valence-electron chi connectivity index (χ2n) is 7.46. The molecule has 0 aromatic heterocycles. The van der Waals surface area contributed by atoms with Crippen LogP contribution >= 0.6 is 11.6 Å². The van der Waals surface area contributed by atoms with Crippen molar-refractivity contribution in [1.82, 2.24) is 9.80 Å². The van der Waals surface area contributed by atoms with Gasteiger partial charge >= 0.3 is 0 Å². The van der Waals surface area contributed by atoms with Crippen LogP contribution in [0.25, 0.3) is 0 Å². The Morgan fingerprint density at radius 2 is 2.08 bits per heavy atom. The third-order valence-electron chi connectivity index (χ3n) is 4.39. The Labute approximate surface area is 154 Å². The average Bonchev–Trinajstić information content (AvgIpc) is 2.91. The van der Waals surface area contributed by atoms with Gasteiger partial charge in [-0.15, -0.1) is 0 Å². The maximum atomic E-state index is 12.8. The molecular formula is C19H27ClN2O3. The molecule has 0 spiro atoms. The molecule has 1 heterocycles. The minimum Gasteiger partial charge on any atom is -0.494 e. The smallest absolute Gasteiger partial charge is 0.228 e. The number of ether oxygens (including phenoxy) is 1. The van der Waals surface area contributed by atoms with Crippen LogP contribution in [0.3, 0.4) is 0 Å². The Balaban J connectivity index is 2.09. The van der Waals surface area contributed by atoms with Crippen molar-refractivity contribution in [3.05, 3.63) is 28.8 Å². The number of halogens is 1. The first-order chi connectivity index (χ1) is 11.6. The topological polar surface area (TPSA) is 49.9 Å². The van der Waals surface area contributed by atoms with Gasteiger partial charge in [0.2, 0.25) is 11.8 Å². The first kappa shape index (κ1) is 19.6. The fourth-order valence-corrected chi connectivity index (χ4v) is 3.33. The number of hydrogen-bond donors (Lipinski definition) is 0. The van der Waals surface area contributed by atoms with E-state index in [1.165, 1.54) is 0 Å². The van der Waals surface area contributed by atoms with E-state index in [4.69, 9.17) is 16.3 Å². The van der Waals surface area contributed by atoms with Gasteiger partial charge in [0.05, 0.1) is 12.5 Å². The first-order valence-electron chi connectivity index (χ1n) is 8.60. The van der Waals surface area contributed by atoms with Crippen molar-refractivity contribution in [2.45, 2.75) is 46.2 Å². The summed E-state index contributed by atoms with van der Waals surface area (Å²) < 4.78 is 5.62. The van der Waals surface area contributed by atoms with Gasteiger partial charge in [-0.1, -0.05) is 11.6 Å². The summed E-state index contributed by atoms with van der Waals surface area (Å²) in [5, 5.41) is 0.606. The first-order valence-corrected chi connectivity index (χ1v) is 8.98. The lowest BCUT2D eigenvalue weighted by atomic mass is 10.1. The molecule has 138 valence electrons. The van der Waals surface area contributed by atoms with Crippen molar-refractivity contribution in [2.24, 2.45) is 5.92 Å². The van der Waals surface area contributed by atoms with E-state index in [1.807, 2.05) is 39.8 Å². The van der Waals surface area contributed by atoms with Gasteiger partial charge in [-0.3, -0.25) is 9.59 Å². The van der Waals surface area contributed by atoms with Crippen molar-refractivity contribution >= 4 is 23.4 Å². The van der Waals surface area contributed by atoms with E-state index in [9.17, 15) is 9.59 Å². The van der Waals surface area contributed by atoms with Gasteiger partial charge in [-0.25, -0.2) is 0 Å². The van der Waals surface area contributed by atoms with Gasteiger partial charge in [0, 0.05) is 42.7 Å². The van der Waals surface area contributed by atoms with Gasteiger partial charge in [0.1, 0.15) is 5.75 Å². The number of benzene rings is 1. The van der Waals surface area contributed by atoms with E-state index < -0.39 is 0 Å². The van der Waals surface area contributed by atoms with Gasteiger partial charge < -0.3 is 14.5 Å². The molecule has 25 heavy (non-hydrogen) atoms. The van der Waals surface area contributed by atoms with E-state index in [0.29, 0.717) is 24.7 Å². The van der Waals surface area contributed by atoms with Crippen LogP contribution in [0.5, 0.6) is 5.75 Å². The van der Waals surface area contributed by atoms with E-state index >= 15 is 0 Å². The summed E-state index contributed by atoms with van der Waals surface area (Å²) in [5.74, 6) is 0.441. The number of rotatable bonds is 5. The van der Waals surface area contributed by atoms with E-state index in [2.05, 4.69) is 0 Å². The SMILES string of the molecule is CCOc1ccc(Cl)cc1CN(C)C(=O)[C@@H]1CC(=O)N(C(C)(C)C)C1. The molecule has 0 radical (unpaired) electrons. The minimum absolute atomic E-state index is 0.0254. The molecular weight excluding hydrogens is 340 g/mol. The fraction of sp³-hybridized carbons (Fsp3) is 0.579. The molecule has 2 amide bonds. The standard InChI is InChI=1S/C19H27ClN2O3/c1-6-25-16-8-7-15(20)9-13(16)11-21(5)18(24)14-10-17(23)22(12-14)19(2,3)4/h7-9,14H,6,10-12H2,1-5H3/t14-/m1/s1. The van der Waals surface area contributed by atoms with Crippen LogP contribution in [0.15, 0.2) is 18.2 Å². The molecule has 1 fully saturated rings. The average molecular weight is 367 g/mol. The Morgan fingerprint density at radius 3 is 2.64 bits per heavy atom. The van der Waals surface area contributed by atoms with Gasteiger partial charge in [0.25, 0.3) is 0 Å². The van der Waals surface area contributed by atoms with Crippen LogP contribution in [0.2, 0.25) is 5.02 Å². The third-order valence-corrected chi connectivity index (χ3v) is 4.63. The molecule has 1 aromatic rings. The van der Waals surface area contributed by atoms with E-state index in [0.717, 1.165) is 11.3 Å². The van der Waals surface area contributed by atoms with Gasteiger partial charge in [0.15, 0.2) is 0 Å². The van der Waals surface area contributed by atoms with Crippen molar-refractivity contribution in [3.8, 4) is 5.75 Å². The molecule has 0 bridgehead atoms. The zero-order valence-corrected chi connectivity index (χ0v) is 16.4. The highest BCUT2D eigenvalue weighted by Gasteiger charge is 2.40. The zero-order valence-electron chi connectivity index (χ0n) is 15.6. The van der Waals surface area contributed by atoms with Crippen molar-refractivity contribution < 1.29 is 14.3 Å². The number of amides is 2. The maximum absolute atomic E-state index is 12.8. The van der Waals surface area contributed by atoms with Crippen molar-refractivity contribution in [1.29, 1.82) is 0 Å². The molecule has 1 aliphatic rings. The summed E-state index contributed by atoms with van der Waals surface area (Å²) in [4.78, 5) is 28.5. The predicted molar refractivity (Wildman–Crippen MR) is 98.7 cm³/mol. The van der Waals surface area contributed by atoms with Crippen LogP contribution in [0, 0.1) is 5.92 Å². The molecule has 1 atom stereocenters. The maximum Gasteiger partial charge on any atom is 0.228 e. The fourth-order valence-electron chi connectivity index (χ4n) is 3.13. The number of nitrogens with zero attached hydrogens (tertiary/aromatic N) is 2. The summed E-state index contributed by atoms with van der Waals surface area (Å²) >= 11 is 6.09. The molecule has 2 rings (SSSR count). The van der Waals surface area contributed by atoms with Crippen LogP contribution < -0.4 is 4.74 Å². The molecule has 0 unspecified atom stereocenters. The van der Waals surface area contributed by atoms with Crippen LogP contribution in [-0.2, 0) is 16.1 Å². The second kappa shape index (κ2) is 7.65. The summed E-state index contributed by atoms with van der Waals surface area (Å²) in [6.45, 7) is 9.29. The van der Waals surface area contributed by atoms with Crippen LogP contribution in [0.4, 0.5) is 0 Å². The summed E-state index contributed by atoms with van der Waals surface area (Å²) in [6.07, 6.45) is 0.272. The van der Waals surface area contributed by atoms with E-state index in [1.54, 1.807) is 22.9 Å². The van der Waals surface area contributed by atoms with Gasteiger partial charge in [-0.05, 0) is 45.9 Å². The second-order valence-corrected chi connectivity index (χ2v) is 7.89. The monoisotopic (exact) mass is 366 g/mol. The Morgan fingerprint density at radius 1 is 1.40 bits per heavy atom. The van der Waals surface area contributed by atoms with Crippen molar-refractivity contribution in [3.63, 3.8) is 0 Å². The highest BCUT2D eigenvalue weighted by molar-refractivity contribution is 6.30. The molecule has 1 aromatic carbocycles. The Hall–Kier alpha value is -1.75. The lowest BCUT2D eigenvalue weighted by Gasteiger charge is -2.32. The zero-order chi connectivity index (χ0) is 18.8. The molecule has 0 N–H and O–H groups in total. The summed E-state index contributed by atoms with van der Waals surface area (Å²) in [5.41, 5.74) is 0.599. The van der Waals surface area contributed by atoms with Crippen LogP contribution in [-0.4, -0.2) is 47.4 Å². The number of carbonyl (C=O) groups is 2. The molecule has 0 aliphatic carbocycles. The molecule has 1 saturated heterocycles. The quantitative estimate of drug-likeness (QED) is 0.803. The normalized spacial score (nSPS) is 17.8. The highest BCUT2D eigenvalue weighted by Crippen LogP contribution is 2.28. The van der Waals surface area contributed by atoms with Crippen molar-refractivity contribution in [2.75, 3.05) is 20.2 Å². The Kier molecular flexibility index (Phi) is 5.99. The third kappa shape index (κ3) is 4.66. The number of carbonyl (C=O) groups excluding carboxylic acids is 2. The van der Waals surface area contributed by atoms with E-state index in [-0.39, 0.29) is 29.7 Å². The lowest BCUT2D eigenvalue weighted by molar-refractivity contribution is -0.135. The number of likely N-dealkylation sites (tertiary alicyclic amines) is 1. The van der Waals surface area contributed by atoms with Crippen LogP contribution in [0.1, 0.15) is 39.7 Å². The molecule has 0 saturated carbocycles. The molecule has 1 aliphatic heterocycles. The van der Waals surface area contributed by atoms with Gasteiger partial charge in [-0.2, -0.15) is 0 Å². The molecule has 6 heteroatoms. The largest absolute Gasteiger partial charge is 0.494 e. The predicted octanol–water partition coefficient (Wildman–Crippen LogP) is 3.34. The summed E-state index contributed by atoms with van der Waals surface area (Å²) in [6, 6.07) is 5.41.